The lowest BCUT2D eigenvalue weighted by Crippen LogP contribution is -2.30. The molecule has 0 radical (unpaired) electrons. The van der Waals surface area contributed by atoms with Crippen LogP contribution in [0.15, 0.2) is 59.1 Å². The molecule has 1 atom stereocenters. The zero-order chi connectivity index (χ0) is 19.4. The molecular weight excluding hydrogens is 406 g/mol. The Morgan fingerprint density at radius 2 is 1.96 bits per heavy atom. The van der Waals surface area contributed by atoms with E-state index in [9.17, 15) is 4.79 Å². The average molecular weight is 428 g/mol. The highest BCUT2D eigenvalue weighted by Crippen LogP contribution is 2.25. The Morgan fingerprint density at radius 3 is 2.67 bits per heavy atom. The first kappa shape index (κ1) is 19.2. The summed E-state index contributed by atoms with van der Waals surface area (Å²) in [5, 5.41) is 7.40. The lowest BCUT2D eigenvalue weighted by Gasteiger charge is -2.16. The molecule has 0 aliphatic heterocycles. The Balaban J connectivity index is 1.65. The standard InChI is InChI=1S/C21H22BrN3O2/c1-14-11-15(2)25(24-14)13-17-7-6-8-18(12-17)23-21(26)16(3)27-20-10-5-4-9-19(20)22/h4-12,16H,13H2,1-3H3,(H,23,26). The summed E-state index contributed by atoms with van der Waals surface area (Å²) in [5.41, 5.74) is 3.91. The van der Waals surface area contributed by atoms with Crippen molar-refractivity contribution in [3.8, 4) is 5.75 Å². The van der Waals surface area contributed by atoms with Gasteiger partial charge in [0.2, 0.25) is 0 Å². The number of nitrogens with zero attached hydrogens (tertiary/aromatic N) is 2. The van der Waals surface area contributed by atoms with Crippen molar-refractivity contribution >= 4 is 27.5 Å². The maximum absolute atomic E-state index is 12.5. The summed E-state index contributed by atoms with van der Waals surface area (Å²) in [6.45, 7) is 6.40. The van der Waals surface area contributed by atoms with E-state index in [0.717, 1.165) is 27.1 Å². The molecule has 5 nitrogen and oxygen atoms in total. The number of hydrogen-bond donors (Lipinski definition) is 1. The van der Waals surface area contributed by atoms with Gasteiger partial charge < -0.3 is 10.1 Å². The van der Waals surface area contributed by atoms with Crippen molar-refractivity contribution in [1.82, 2.24) is 9.78 Å². The van der Waals surface area contributed by atoms with Crippen LogP contribution in [-0.4, -0.2) is 21.8 Å². The first-order valence-corrected chi connectivity index (χ1v) is 9.54. The molecule has 1 heterocycles. The first-order valence-electron chi connectivity index (χ1n) is 8.74. The normalized spacial score (nSPS) is 11.9. The molecule has 0 saturated carbocycles. The van der Waals surface area contributed by atoms with Crippen LogP contribution in [0, 0.1) is 13.8 Å². The van der Waals surface area contributed by atoms with E-state index in [1.807, 2.05) is 73.1 Å². The van der Waals surface area contributed by atoms with Gasteiger partial charge in [0, 0.05) is 11.4 Å². The number of carbonyl (C=O) groups excluding carboxylic acids is 1. The fraction of sp³-hybridized carbons (Fsp3) is 0.238. The minimum atomic E-state index is -0.622. The molecule has 0 saturated heterocycles. The third kappa shape index (κ3) is 4.98. The van der Waals surface area contributed by atoms with Crippen LogP contribution in [0.2, 0.25) is 0 Å². The number of halogens is 1. The summed E-state index contributed by atoms with van der Waals surface area (Å²) >= 11 is 3.42. The molecule has 3 rings (SSSR count). The van der Waals surface area contributed by atoms with Crippen molar-refractivity contribution in [2.45, 2.75) is 33.4 Å². The topological polar surface area (TPSA) is 56.2 Å². The Labute approximate surface area is 167 Å². The third-order valence-electron chi connectivity index (χ3n) is 4.14. The summed E-state index contributed by atoms with van der Waals surface area (Å²) in [6.07, 6.45) is -0.622. The molecule has 1 aromatic heterocycles. The number of aryl methyl sites for hydroxylation is 2. The predicted molar refractivity (Wildman–Crippen MR) is 110 cm³/mol. The number of para-hydroxylation sites is 1. The lowest BCUT2D eigenvalue weighted by atomic mass is 10.2. The molecule has 2 aromatic carbocycles. The van der Waals surface area contributed by atoms with Crippen molar-refractivity contribution in [3.63, 3.8) is 0 Å². The number of aromatic nitrogens is 2. The van der Waals surface area contributed by atoms with E-state index in [2.05, 4.69) is 26.3 Å². The summed E-state index contributed by atoms with van der Waals surface area (Å²) in [6, 6.07) is 17.3. The van der Waals surface area contributed by atoms with Gasteiger partial charge in [-0.2, -0.15) is 5.10 Å². The number of anilines is 1. The van der Waals surface area contributed by atoms with Crippen LogP contribution >= 0.6 is 15.9 Å². The monoisotopic (exact) mass is 427 g/mol. The molecule has 0 bridgehead atoms. The Bertz CT molecular complexity index is 952. The van der Waals surface area contributed by atoms with E-state index >= 15 is 0 Å². The molecule has 3 aromatic rings. The van der Waals surface area contributed by atoms with E-state index in [4.69, 9.17) is 4.74 Å². The van der Waals surface area contributed by atoms with Gasteiger partial charge in [0.25, 0.3) is 5.91 Å². The number of rotatable bonds is 6. The molecule has 27 heavy (non-hydrogen) atoms. The Morgan fingerprint density at radius 1 is 1.19 bits per heavy atom. The lowest BCUT2D eigenvalue weighted by molar-refractivity contribution is -0.122. The minimum Gasteiger partial charge on any atom is -0.480 e. The predicted octanol–water partition coefficient (Wildman–Crippen LogP) is 4.72. The van der Waals surface area contributed by atoms with Gasteiger partial charge in [-0.3, -0.25) is 9.48 Å². The molecule has 6 heteroatoms. The molecule has 0 aliphatic rings. The van der Waals surface area contributed by atoms with Gasteiger partial charge in [-0.05, 0) is 72.6 Å². The number of amides is 1. The Hall–Kier alpha value is -2.60. The van der Waals surface area contributed by atoms with Gasteiger partial charge >= 0.3 is 0 Å². The smallest absolute Gasteiger partial charge is 0.265 e. The zero-order valence-electron chi connectivity index (χ0n) is 15.6. The van der Waals surface area contributed by atoms with E-state index in [-0.39, 0.29) is 5.91 Å². The zero-order valence-corrected chi connectivity index (χ0v) is 17.2. The van der Waals surface area contributed by atoms with Gasteiger partial charge in [-0.15, -0.1) is 0 Å². The van der Waals surface area contributed by atoms with E-state index in [0.29, 0.717) is 12.3 Å². The second-order valence-corrected chi connectivity index (χ2v) is 7.32. The van der Waals surface area contributed by atoms with Crippen LogP contribution in [0.3, 0.4) is 0 Å². The highest BCUT2D eigenvalue weighted by molar-refractivity contribution is 9.10. The summed E-state index contributed by atoms with van der Waals surface area (Å²) in [4.78, 5) is 12.5. The van der Waals surface area contributed by atoms with E-state index in [1.54, 1.807) is 6.92 Å². The van der Waals surface area contributed by atoms with Crippen molar-refractivity contribution in [1.29, 1.82) is 0 Å². The summed E-state index contributed by atoms with van der Waals surface area (Å²) in [5.74, 6) is 0.437. The van der Waals surface area contributed by atoms with Gasteiger partial charge in [-0.1, -0.05) is 24.3 Å². The molecule has 140 valence electrons. The maximum Gasteiger partial charge on any atom is 0.265 e. The Kier molecular flexibility index (Phi) is 5.96. The summed E-state index contributed by atoms with van der Waals surface area (Å²) in [7, 11) is 0. The van der Waals surface area contributed by atoms with Crippen molar-refractivity contribution in [2.75, 3.05) is 5.32 Å². The molecule has 1 N–H and O–H groups in total. The van der Waals surface area contributed by atoms with Gasteiger partial charge in [0.05, 0.1) is 16.7 Å². The van der Waals surface area contributed by atoms with E-state index < -0.39 is 6.10 Å². The highest BCUT2D eigenvalue weighted by Gasteiger charge is 2.16. The molecule has 1 unspecified atom stereocenters. The quantitative estimate of drug-likeness (QED) is 0.619. The molecular formula is C21H22BrN3O2. The average Bonchev–Trinajstić information content (AvgIpc) is 2.94. The van der Waals surface area contributed by atoms with Crippen LogP contribution in [0.4, 0.5) is 5.69 Å². The second-order valence-electron chi connectivity index (χ2n) is 6.46. The number of hydrogen-bond acceptors (Lipinski definition) is 3. The third-order valence-corrected chi connectivity index (χ3v) is 4.79. The van der Waals surface area contributed by atoms with Gasteiger partial charge in [-0.25, -0.2) is 0 Å². The van der Waals surface area contributed by atoms with Crippen LogP contribution in [0.1, 0.15) is 23.9 Å². The number of ether oxygens (including phenoxy) is 1. The van der Waals surface area contributed by atoms with Gasteiger partial charge in [0.15, 0.2) is 6.10 Å². The fourth-order valence-electron chi connectivity index (χ4n) is 2.78. The van der Waals surface area contributed by atoms with Crippen LogP contribution in [0.25, 0.3) is 0 Å². The number of carbonyl (C=O) groups is 1. The maximum atomic E-state index is 12.5. The molecule has 0 spiro atoms. The number of benzene rings is 2. The van der Waals surface area contributed by atoms with Gasteiger partial charge in [0.1, 0.15) is 5.75 Å². The largest absolute Gasteiger partial charge is 0.480 e. The minimum absolute atomic E-state index is 0.200. The van der Waals surface area contributed by atoms with Crippen molar-refractivity contribution in [3.05, 3.63) is 76.0 Å². The second kappa shape index (κ2) is 8.39. The molecule has 1 amide bonds. The van der Waals surface area contributed by atoms with Crippen molar-refractivity contribution in [2.24, 2.45) is 0 Å². The van der Waals surface area contributed by atoms with Crippen LogP contribution in [-0.2, 0) is 11.3 Å². The SMILES string of the molecule is Cc1cc(C)n(Cc2cccc(NC(=O)C(C)Oc3ccccc3Br)c2)n1. The van der Waals surface area contributed by atoms with Crippen LogP contribution in [0.5, 0.6) is 5.75 Å². The number of nitrogens with one attached hydrogen (secondary N) is 1. The summed E-state index contributed by atoms with van der Waals surface area (Å²) < 4.78 is 8.52. The van der Waals surface area contributed by atoms with E-state index in [1.165, 1.54) is 0 Å². The molecule has 0 fully saturated rings. The fourth-order valence-corrected chi connectivity index (χ4v) is 3.16. The van der Waals surface area contributed by atoms with Crippen molar-refractivity contribution < 1.29 is 9.53 Å². The molecule has 0 aliphatic carbocycles. The van der Waals surface area contributed by atoms with Crippen LogP contribution < -0.4 is 10.1 Å². The first-order chi connectivity index (χ1) is 12.9. The highest BCUT2D eigenvalue weighted by atomic mass is 79.9.